The fourth-order valence-corrected chi connectivity index (χ4v) is 2.00. The summed E-state index contributed by atoms with van der Waals surface area (Å²) in [6.45, 7) is 0. The summed E-state index contributed by atoms with van der Waals surface area (Å²) in [6.07, 6.45) is 1.15. The molecule has 0 unspecified atom stereocenters. The van der Waals surface area contributed by atoms with Gasteiger partial charge in [0.15, 0.2) is 5.03 Å². The summed E-state index contributed by atoms with van der Waals surface area (Å²) >= 11 is 0.562. The molecule has 0 aromatic carbocycles. The van der Waals surface area contributed by atoms with E-state index in [9.17, 15) is 17.2 Å². The molecule has 0 saturated heterocycles. The van der Waals surface area contributed by atoms with E-state index in [1.807, 2.05) is 0 Å². The quantitative estimate of drug-likeness (QED) is 0.617. The van der Waals surface area contributed by atoms with Crippen molar-refractivity contribution in [3.05, 3.63) is 24.4 Å². The van der Waals surface area contributed by atoms with Crippen LogP contribution in [-0.4, -0.2) is 16.7 Å². The Bertz CT molecular complexity index is 387. The summed E-state index contributed by atoms with van der Waals surface area (Å²) in [5, 5.41) is -0.616. The molecule has 0 bridgehead atoms. The van der Waals surface area contributed by atoms with E-state index in [1.165, 1.54) is 12.1 Å². The van der Waals surface area contributed by atoms with Crippen LogP contribution in [0.3, 0.4) is 0 Å². The first-order chi connectivity index (χ1) is 5.86. The van der Waals surface area contributed by atoms with Gasteiger partial charge in [-0.25, -0.2) is 13.4 Å². The van der Waals surface area contributed by atoms with E-state index in [0.717, 1.165) is 12.3 Å². The zero-order chi connectivity index (χ0) is 10.1. The first-order valence-electron chi connectivity index (χ1n) is 3.08. The molecule has 7 heteroatoms. The van der Waals surface area contributed by atoms with Crippen LogP contribution in [0.15, 0.2) is 29.4 Å². The lowest BCUT2D eigenvalue weighted by Gasteiger charge is -2.08. The first kappa shape index (κ1) is 10.8. The summed E-state index contributed by atoms with van der Waals surface area (Å²) in [7, 11) is -4.63. The Labute approximate surface area is 87.2 Å². The van der Waals surface area contributed by atoms with Crippen LogP contribution in [0.25, 0.3) is 0 Å². The maximum absolute atomic E-state index is 12.5. The molecule has 1 rings (SSSR count). The highest BCUT2D eigenvalue weighted by Crippen LogP contribution is 2.33. The second-order valence-corrected chi connectivity index (χ2v) is 6.14. The van der Waals surface area contributed by atoms with Crippen molar-refractivity contribution >= 4 is 32.4 Å². The summed E-state index contributed by atoms with van der Waals surface area (Å²) in [5.74, 6) is 0. The minimum atomic E-state index is -4.63. The number of sulfone groups is 1. The highest BCUT2D eigenvalue weighted by atomic mass is 127. The second kappa shape index (κ2) is 3.45. The molecule has 0 fully saturated rings. The maximum Gasteiger partial charge on any atom is 0.400 e. The predicted molar refractivity (Wildman–Crippen MR) is 50.4 cm³/mol. The number of aromatic nitrogens is 1. The fraction of sp³-hybridized carbons (Fsp3) is 0.167. The van der Waals surface area contributed by atoms with Crippen molar-refractivity contribution in [1.82, 2.24) is 4.98 Å². The van der Waals surface area contributed by atoms with Crippen LogP contribution in [0.2, 0.25) is 0 Å². The predicted octanol–water partition coefficient (Wildman–Crippen LogP) is 1.84. The van der Waals surface area contributed by atoms with Gasteiger partial charge in [-0.05, 0) is 12.1 Å². The average Bonchev–Trinajstić information content (AvgIpc) is 2.04. The van der Waals surface area contributed by atoms with Crippen LogP contribution >= 0.6 is 22.6 Å². The van der Waals surface area contributed by atoms with E-state index < -0.39 is 18.1 Å². The van der Waals surface area contributed by atoms with E-state index in [0.29, 0.717) is 22.6 Å². The van der Waals surface area contributed by atoms with Gasteiger partial charge in [-0.1, -0.05) is 6.07 Å². The normalized spacial score (nSPS) is 12.8. The number of alkyl halides is 3. The van der Waals surface area contributed by atoms with Crippen LogP contribution in [0.4, 0.5) is 8.78 Å². The van der Waals surface area contributed by atoms with Gasteiger partial charge < -0.3 is 0 Å². The average molecular weight is 319 g/mol. The lowest BCUT2D eigenvalue weighted by atomic mass is 10.5. The number of halogens is 3. The van der Waals surface area contributed by atoms with Gasteiger partial charge in [0.1, 0.15) is 0 Å². The van der Waals surface area contributed by atoms with Gasteiger partial charge in [-0.15, -0.1) is 0 Å². The number of pyridine rings is 1. The molecule has 13 heavy (non-hydrogen) atoms. The molecule has 0 radical (unpaired) electrons. The standard InChI is InChI=1S/C6H4F2INO2S/c7-6(8,9)13(11,12)5-3-1-2-4-10-5/h1-4H. The lowest BCUT2D eigenvalue weighted by molar-refractivity contribution is 0.215. The summed E-state index contributed by atoms with van der Waals surface area (Å²) in [4.78, 5) is 3.34. The van der Waals surface area contributed by atoms with E-state index in [1.54, 1.807) is 0 Å². The van der Waals surface area contributed by atoms with Crippen molar-refractivity contribution in [1.29, 1.82) is 0 Å². The topological polar surface area (TPSA) is 47.0 Å². The SMILES string of the molecule is O=S(=O)(c1ccccn1)C(F)(F)I. The Kier molecular flexibility index (Phi) is 2.85. The highest BCUT2D eigenvalue weighted by Gasteiger charge is 2.43. The Morgan fingerprint density at radius 3 is 2.38 bits per heavy atom. The van der Waals surface area contributed by atoms with Gasteiger partial charge in [0, 0.05) is 28.8 Å². The van der Waals surface area contributed by atoms with E-state index in [2.05, 4.69) is 4.98 Å². The largest absolute Gasteiger partial charge is 0.400 e. The monoisotopic (exact) mass is 319 g/mol. The van der Waals surface area contributed by atoms with Gasteiger partial charge in [0.25, 0.3) is 9.84 Å². The van der Waals surface area contributed by atoms with Crippen molar-refractivity contribution in [3.8, 4) is 0 Å². The van der Waals surface area contributed by atoms with Gasteiger partial charge in [0.2, 0.25) is 0 Å². The van der Waals surface area contributed by atoms with E-state index >= 15 is 0 Å². The van der Waals surface area contributed by atoms with E-state index in [4.69, 9.17) is 0 Å². The lowest BCUT2D eigenvalue weighted by Crippen LogP contribution is -2.22. The highest BCUT2D eigenvalue weighted by molar-refractivity contribution is 14.1. The van der Waals surface area contributed by atoms with Gasteiger partial charge in [0.05, 0.1) is 0 Å². The number of hydrogen-bond acceptors (Lipinski definition) is 3. The Morgan fingerprint density at radius 1 is 1.38 bits per heavy atom. The van der Waals surface area contributed by atoms with Crippen LogP contribution in [0.1, 0.15) is 0 Å². The van der Waals surface area contributed by atoms with Gasteiger partial charge in [-0.3, -0.25) is 0 Å². The molecule has 72 valence electrons. The Morgan fingerprint density at radius 2 is 2.00 bits per heavy atom. The van der Waals surface area contributed by atoms with Crippen LogP contribution in [0.5, 0.6) is 0 Å². The third-order valence-corrected chi connectivity index (χ3v) is 4.36. The van der Waals surface area contributed by atoms with Crippen LogP contribution in [-0.2, 0) is 9.84 Å². The zero-order valence-corrected chi connectivity index (χ0v) is 9.09. The first-order valence-corrected chi connectivity index (χ1v) is 5.64. The zero-order valence-electron chi connectivity index (χ0n) is 6.12. The molecule has 0 spiro atoms. The molecule has 1 aromatic rings. The molecule has 1 heterocycles. The van der Waals surface area contributed by atoms with Crippen molar-refractivity contribution in [2.75, 3.05) is 0 Å². The summed E-state index contributed by atoms with van der Waals surface area (Å²) in [5.41, 5.74) is 0. The van der Waals surface area contributed by atoms with Crippen LogP contribution in [0, 0.1) is 0 Å². The Hall–Kier alpha value is -0.310. The number of nitrogens with zero attached hydrogens (tertiary/aromatic N) is 1. The van der Waals surface area contributed by atoms with Crippen molar-refractivity contribution in [3.63, 3.8) is 0 Å². The van der Waals surface area contributed by atoms with Crippen molar-refractivity contribution in [2.45, 2.75) is 8.29 Å². The molecule has 0 aliphatic heterocycles. The molecule has 0 N–H and O–H groups in total. The molecule has 0 saturated carbocycles. The minimum absolute atomic E-state index is 0.562. The maximum atomic E-state index is 12.5. The molecule has 3 nitrogen and oxygen atoms in total. The van der Waals surface area contributed by atoms with Gasteiger partial charge in [-0.2, -0.15) is 8.78 Å². The second-order valence-electron chi connectivity index (χ2n) is 2.12. The molecule has 0 atom stereocenters. The van der Waals surface area contributed by atoms with Crippen molar-refractivity contribution < 1.29 is 17.2 Å². The fourth-order valence-electron chi connectivity index (χ4n) is 0.625. The molecule has 0 aliphatic carbocycles. The smallest absolute Gasteiger partial charge is 0.244 e. The summed E-state index contributed by atoms with van der Waals surface area (Å²) in [6, 6.07) is 3.81. The Balaban J connectivity index is 3.26. The molecule has 0 amide bonds. The third-order valence-electron chi connectivity index (χ3n) is 1.22. The number of rotatable bonds is 2. The minimum Gasteiger partial charge on any atom is -0.244 e. The van der Waals surface area contributed by atoms with Crippen LogP contribution < -0.4 is 0 Å². The summed E-state index contributed by atoms with van der Waals surface area (Å²) < 4.78 is 43.3. The molecule has 0 aliphatic rings. The number of hydrogen-bond donors (Lipinski definition) is 0. The third kappa shape index (κ3) is 2.13. The molecule has 1 aromatic heterocycles. The van der Waals surface area contributed by atoms with Gasteiger partial charge >= 0.3 is 3.26 Å². The molecular weight excluding hydrogens is 315 g/mol. The van der Waals surface area contributed by atoms with E-state index in [-0.39, 0.29) is 0 Å². The molecular formula is C6H4F2INO2S. The van der Waals surface area contributed by atoms with Crippen molar-refractivity contribution in [2.24, 2.45) is 0 Å².